The van der Waals surface area contributed by atoms with Gasteiger partial charge in [0.15, 0.2) is 0 Å². The van der Waals surface area contributed by atoms with Gasteiger partial charge in [-0.25, -0.2) is 0 Å². The Bertz CT molecular complexity index is 412. The average Bonchev–Trinajstić information content (AvgIpc) is 2.77. The van der Waals surface area contributed by atoms with Crippen molar-refractivity contribution in [1.29, 1.82) is 0 Å². The standard InChI is InChI=1S/C16H23NS/c1-17-9-14-5-15(18-10-14)16-6-11-2-12(7-16)4-13(3-11)8-16/h5,10-13,17H,2-4,6-9H2,1H3. The van der Waals surface area contributed by atoms with E-state index < -0.39 is 0 Å². The molecule has 0 aromatic carbocycles. The Morgan fingerprint density at radius 2 is 1.78 bits per heavy atom. The van der Waals surface area contributed by atoms with Gasteiger partial charge in [0.25, 0.3) is 0 Å². The molecule has 0 unspecified atom stereocenters. The Kier molecular flexibility index (Phi) is 2.60. The number of hydrogen-bond donors (Lipinski definition) is 1. The molecule has 0 atom stereocenters. The Labute approximate surface area is 114 Å². The van der Waals surface area contributed by atoms with Crippen LogP contribution in [0.1, 0.15) is 49.0 Å². The first-order chi connectivity index (χ1) is 8.77. The van der Waals surface area contributed by atoms with Crippen molar-refractivity contribution in [1.82, 2.24) is 5.32 Å². The fourth-order valence-corrected chi connectivity index (χ4v) is 6.51. The zero-order valence-corrected chi connectivity index (χ0v) is 12.1. The number of rotatable bonds is 3. The van der Waals surface area contributed by atoms with E-state index in [1.54, 1.807) is 24.1 Å². The lowest BCUT2D eigenvalue weighted by molar-refractivity contribution is -0.00348. The first-order valence-corrected chi connectivity index (χ1v) is 8.38. The Morgan fingerprint density at radius 3 is 2.33 bits per heavy atom. The molecule has 4 saturated carbocycles. The van der Waals surface area contributed by atoms with E-state index in [0.717, 1.165) is 24.3 Å². The zero-order valence-electron chi connectivity index (χ0n) is 11.2. The van der Waals surface area contributed by atoms with E-state index in [1.165, 1.54) is 24.8 Å². The van der Waals surface area contributed by atoms with Gasteiger partial charge in [-0.2, -0.15) is 0 Å². The van der Waals surface area contributed by atoms with E-state index in [-0.39, 0.29) is 0 Å². The molecule has 4 bridgehead atoms. The Hall–Kier alpha value is -0.340. The zero-order chi connectivity index (χ0) is 12.2. The molecule has 4 aliphatic rings. The molecule has 1 heterocycles. The van der Waals surface area contributed by atoms with Gasteiger partial charge < -0.3 is 5.32 Å². The number of nitrogens with one attached hydrogen (secondary N) is 1. The largest absolute Gasteiger partial charge is 0.316 e. The smallest absolute Gasteiger partial charge is 0.0210 e. The van der Waals surface area contributed by atoms with Crippen molar-refractivity contribution >= 4 is 11.3 Å². The molecule has 0 radical (unpaired) electrons. The monoisotopic (exact) mass is 261 g/mol. The normalized spacial score (nSPS) is 41.5. The molecule has 1 nitrogen and oxygen atoms in total. The maximum atomic E-state index is 3.28. The second kappa shape index (κ2) is 4.08. The molecule has 0 aliphatic heterocycles. The van der Waals surface area contributed by atoms with Gasteiger partial charge in [-0.15, -0.1) is 11.3 Å². The Balaban J connectivity index is 1.66. The van der Waals surface area contributed by atoms with Crippen LogP contribution in [0.3, 0.4) is 0 Å². The quantitative estimate of drug-likeness (QED) is 0.869. The van der Waals surface area contributed by atoms with Crippen LogP contribution in [0.2, 0.25) is 0 Å². The maximum Gasteiger partial charge on any atom is 0.0210 e. The van der Waals surface area contributed by atoms with E-state index in [1.807, 2.05) is 18.4 Å². The van der Waals surface area contributed by atoms with Gasteiger partial charge in [-0.1, -0.05) is 0 Å². The van der Waals surface area contributed by atoms with Gasteiger partial charge in [0.2, 0.25) is 0 Å². The van der Waals surface area contributed by atoms with Crippen LogP contribution in [0, 0.1) is 17.8 Å². The summed E-state index contributed by atoms with van der Waals surface area (Å²) in [5.74, 6) is 3.18. The fraction of sp³-hybridized carbons (Fsp3) is 0.750. The molecule has 4 aliphatic carbocycles. The van der Waals surface area contributed by atoms with Crippen LogP contribution >= 0.6 is 11.3 Å². The molecule has 0 amide bonds. The molecule has 2 heteroatoms. The Morgan fingerprint density at radius 1 is 1.17 bits per heavy atom. The van der Waals surface area contributed by atoms with Crippen molar-refractivity contribution in [2.75, 3.05) is 7.05 Å². The summed E-state index contributed by atoms with van der Waals surface area (Å²) in [5, 5.41) is 5.66. The highest BCUT2D eigenvalue weighted by molar-refractivity contribution is 7.10. The summed E-state index contributed by atoms with van der Waals surface area (Å²) in [7, 11) is 2.04. The topological polar surface area (TPSA) is 12.0 Å². The maximum absolute atomic E-state index is 3.28. The van der Waals surface area contributed by atoms with Crippen LogP contribution in [0.25, 0.3) is 0 Å². The first kappa shape index (κ1) is 11.5. The van der Waals surface area contributed by atoms with Gasteiger partial charge in [-0.3, -0.25) is 0 Å². The van der Waals surface area contributed by atoms with Crippen molar-refractivity contribution < 1.29 is 0 Å². The molecular formula is C16H23NS. The number of hydrogen-bond acceptors (Lipinski definition) is 2. The summed E-state index contributed by atoms with van der Waals surface area (Å²) in [6, 6.07) is 2.51. The van der Waals surface area contributed by atoms with E-state index in [9.17, 15) is 0 Å². The summed E-state index contributed by atoms with van der Waals surface area (Å²) < 4.78 is 0. The highest BCUT2D eigenvalue weighted by Gasteiger charge is 2.52. The molecular weight excluding hydrogens is 238 g/mol. The predicted octanol–water partition coefficient (Wildman–Crippen LogP) is 3.94. The highest BCUT2D eigenvalue weighted by Crippen LogP contribution is 2.61. The van der Waals surface area contributed by atoms with E-state index in [0.29, 0.717) is 5.41 Å². The summed E-state index contributed by atoms with van der Waals surface area (Å²) in [5.41, 5.74) is 2.10. The van der Waals surface area contributed by atoms with Crippen LogP contribution in [0.5, 0.6) is 0 Å². The van der Waals surface area contributed by atoms with Crippen LogP contribution in [0.4, 0.5) is 0 Å². The minimum Gasteiger partial charge on any atom is -0.316 e. The van der Waals surface area contributed by atoms with E-state index in [4.69, 9.17) is 0 Å². The molecule has 98 valence electrons. The van der Waals surface area contributed by atoms with Gasteiger partial charge in [0, 0.05) is 16.8 Å². The second-order valence-electron chi connectivity index (χ2n) is 7.05. The van der Waals surface area contributed by atoms with Crippen molar-refractivity contribution in [2.45, 2.75) is 50.5 Å². The van der Waals surface area contributed by atoms with E-state index >= 15 is 0 Å². The lowest BCUT2D eigenvalue weighted by atomic mass is 9.49. The molecule has 5 rings (SSSR count). The third kappa shape index (κ3) is 1.69. The van der Waals surface area contributed by atoms with Crippen molar-refractivity contribution in [3.8, 4) is 0 Å². The van der Waals surface area contributed by atoms with Crippen molar-refractivity contribution in [3.05, 3.63) is 21.9 Å². The molecule has 1 aromatic heterocycles. The summed E-state index contributed by atoms with van der Waals surface area (Å²) in [6.45, 7) is 1.03. The SMILES string of the molecule is CNCc1csc(C23CC4CC(CC(C4)C2)C3)c1. The third-order valence-electron chi connectivity index (χ3n) is 5.60. The lowest BCUT2D eigenvalue weighted by Gasteiger charge is -2.56. The molecule has 0 spiro atoms. The van der Waals surface area contributed by atoms with Crippen LogP contribution in [0.15, 0.2) is 11.4 Å². The minimum absolute atomic E-state index is 0.603. The first-order valence-electron chi connectivity index (χ1n) is 7.50. The summed E-state index contributed by atoms with van der Waals surface area (Å²) in [6.07, 6.45) is 9.14. The van der Waals surface area contributed by atoms with Crippen molar-refractivity contribution in [2.24, 2.45) is 17.8 Å². The third-order valence-corrected chi connectivity index (χ3v) is 6.82. The van der Waals surface area contributed by atoms with Crippen LogP contribution < -0.4 is 5.32 Å². The fourth-order valence-electron chi connectivity index (χ4n) is 5.36. The lowest BCUT2D eigenvalue weighted by Crippen LogP contribution is -2.48. The van der Waals surface area contributed by atoms with Gasteiger partial charge in [0.05, 0.1) is 0 Å². The summed E-state index contributed by atoms with van der Waals surface area (Å²) in [4.78, 5) is 1.71. The van der Waals surface area contributed by atoms with Gasteiger partial charge in [-0.05, 0) is 80.3 Å². The van der Waals surface area contributed by atoms with Gasteiger partial charge in [0.1, 0.15) is 0 Å². The second-order valence-corrected chi connectivity index (χ2v) is 7.96. The van der Waals surface area contributed by atoms with Crippen molar-refractivity contribution in [3.63, 3.8) is 0 Å². The van der Waals surface area contributed by atoms with Crippen LogP contribution in [-0.2, 0) is 12.0 Å². The number of thiophene rings is 1. The highest BCUT2D eigenvalue weighted by atomic mass is 32.1. The molecule has 4 fully saturated rings. The van der Waals surface area contributed by atoms with Crippen LogP contribution in [-0.4, -0.2) is 7.05 Å². The molecule has 18 heavy (non-hydrogen) atoms. The molecule has 1 aromatic rings. The van der Waals surface area contributed by atoms with E-state index in [2.05, 4.69) is 16.8 Å². The molecule has 1 N–H and O–H groups in total. The molecule has 0 saturated heterocycles. The minimum atomic E-state index is 0.603. The predicted molar refractivity (Wildman–Crippen MR) is 76.9 cm³/mol. The van der Waals surface area contributed by atoms with Gasteiger partial charge >= 0.3 is 0 Å². The summed E-state index contributed by atoms with van der Waals surface area (Å²) >= 11 is 2.04. The average molecular weight is 261 g/mol.